The van der Waals surface area contributed by atoms with E-state index in [1.807, 2.05) is 13.8 Å². The number of nitrogens with one attached hydrogen (secondary N) is 2. The van der Waals surface area contributed by atoms with E-state index in [0.29, 0.717) is 19.0 Å². The van der Waals surface area contributed by atoms with E-state index in [1.165, 1.54) is 0 Å². The minimum atomic E-state index is -0.0868. The lowest BCUT2D eigenvalue weighted by Gasteiger charge is -2.24. The lowest BCUT2D eigenvalue weighted by atomic mass is 10.3. The van der Waals surface area contributed by atoms with Crippen LogP contribution < -0.4 is 16.2 Å². The smallest absolute Gasteiger partial charge is 0.293 e. The fourth-order valence-electron chi connectivity index (χ4n) is 1.91. The summed E-state index contributed by atoms with van der Waals surface area (Å²) in [6.07, 6.45) is 3.44. The van der Waals surface area contributed by atoms with Gasteiger partial charge in [-0.3, -0.25) is 4.79 Å². The highest BCUT2D eigenvalue weighted by Gasteiger charge is 2.14. The summed E-state index contributed by atoms with van der Waals surface area (Å²) < 4.78 is 7.22. The summed E-state index contributed by atoms with van der Waals surface area (Å²) in [4.78, 5) is 16.1. The van der Waals surface area contributed by atoms with E-state index in [2.05, 4.69) is 15.6 Å². The van der Waals surface area contributed by atoms with Gasteiger partial charge in [-0.2, -0.15) is 0 Å². The SMILES string of the molecule is CC(C)n1ccnc(NCC2CNCCO2)c1=O. The van der Waals surface area contributed by atoms with Gasteiger partial charge in [-0.15, -0.1) is 0 Å². The Morgan fingerprint density at radius 1 is 1.67 bits per heavy atom. The summed E-state index contributed by atoms with van der Waals surface area (Å²) in [6, 6.07) is 0.133. The Morgan fingerprint density at radius 2 is 2.50 bits per heavy atom. The molecule has 1 aliphatic heterocycles. The van der Waals surface area contributed by atoms with Crippen molar-refractivity contribution >= 4 is 5.82 Å². The first kappa shape index (κ1) is 13.0. The van der Waals surface area contributed by atoms with Gasteiger partial charge in [0, 0.05) is 38.1 Å². The highest BCUT2D eigenvalue weighted by atomic mass is 16.5. The summed E-state index contributed by atoms with van der Waals surface area (Å²) in [7, 11) is 0. The molecule has 1 atom stereocenters. The zero-order valence-electron chi connectivity index (χ0n) is 10.8. The molecule has 0 saturated carbocycles. The van der Waals surface area contributed by atoms with Crippen LogP contribution in [0, 0.1) is 0 Å². The number of ether oxygens (including phenoxy) is 1. The van der Waals surface area contributed by atoms with E-state index in [4.69, 9.17) is 4.74 Å². The molecule has 1 aromatic rings. The molecule has 2 heterocycles. The van der Waals surface area contributed by atoms with Crippen molar-refractivity contribution in [2.75, 3.05) is 31.6 Å². The monoisotopic (exact) mass is 252 g/mol. The Kier molecular flexibility index (Phi) is 4.33. The van der Waals surface area contributed by atoms with Gasteiger partial charge in [-0.1, -0.05) is 0 Å². The topological polar surface area (TPSA) is 68.2 Å². The van der Waals surface area contributed by atoms with Gasteiger partial charge in [0.1, 0.15) is 0 Å². The highest BCUT2D eigenvalue weighted by Crippen LogP contribution is 2.02. The van der Waals surface area contributed by atoms with Crippen LogP contribution in [0.1, 0.15) is 19.9 Å². The van der Waals surface area contributed by atoms with Crippen molar-refractivity contribution in [3.05, 3.63) is 22.7 Å². The number of morpholine rings is 1. The lowest BCUT2D eigenvalue weighted by molar-refractivity contribution is 0.0371. The molecule has 1 saturated heterocycles. The second-order valence-electron chi connectivity index (χ2n) is 4.66. The first-order chi connectivity index (χ1) is 8.68. The van der Waals surface area contributed by atoms with Crippen molar-refractivity contribution in [3.63, 3.8) is 0 Å². The predicted molar refractivity (Wildman–Crippen MR) is 70.0 cm³/mol. The summed E-state index contributed by atoms with van der Waals surface area (Å²) in [6.45, 7) is 6.94. The molecule has 0 amide bonds. The first-order valence-corrected chi connectivity index (χ1v) is 6.32. The Balaban J connectivity index is 2.00. The standard InChI is InChI=1S/C12H20N4O2/c1-9(2)16-5-3-14-11(12(16)17)15-8-10-7-13-4-6-18-10/h3,5,9-10,13H,4,6-8H2,1-2H3,(H,14,15). The Hall–Kier alpha value is -1.40. The number of anilines is 1. The molecule has 1 unspecified atom stereocenters. The molecule has 1 fully saturated rings. The zero-order chi connectivity index (χ0) is 13.0. The van der Waals surface area contributed by atoms with Crippen LogP contribution in [0.2, 0.25) is 0 Å². The third kappa shape index (κ3) is 3.08. The normalized spacial score (nSPS) is 20.1. The maximum atomic E-state index is 12.1. The summed E-state index contributed by atoms with van der Waals surface area (Å²) in [5.41, 5.74) is -0.0868. The molecule has 18 heavy (non-hydrogen) atoms. The molecule has 0 spiro atoms. The van der Waals surface area contributed by atoms with Crippen molar-refractivity contribution in [2.24, 2.45) is 0 Å². The maximum Gasteiger partial charge on any atom is 0.293 e. The van der Waals surface area contributed by atoms with Crippen molar-refractivity contribution in [3.8, 4) is 0 Å². The Labute approximate surface area is 106 Å². The summed E-state index contributed by atoms with van der Waals surface area (Å²) >= 11 is 0. The molecular weight excluding hydrogens is 232 g/mol. The fourth-order valence-corrected chi connectivity index (χ4v) is 1.91. The van der Waals surface area contributed by atoms with Crippen molar-refractivity contribution in [1.29, 1.82) is 0 Å². The van der Waals surface area contributed by atoms with E-state index in [0.717, 1.165) is 13.1 Å². The van der Waals surface area contributed by atoms with E-state index in [-0.39, 0.29) is 17.7 Å². The van der Waals surface area contributed by atoms with Gasteiger partial charge in [0.2, 0.25) is 0 Å². The quantitative estimate of drug-likeness (QED) is 0.802. The van der Waals surface area contributed by atoms with Crippen molar-refractivity contribution < 1.29 is 4.74 Å². The number of hydrogen-bond donors (Lipinski definition) is 2. The van der Waals surface area contributed by atoms with E-state index in [9.17, 15) is 4.79 Å². The number of nitrogens with zero attached hydrogens (tertiary/aromatic N) is 2. The Bertz CT molecular complexity index is 438. The van der Waals surface area contributed by atoms with Gasteiger partial charge in [0.15, 0.2) is 5.82 Å². The first-order valence-electron chi connectivity index (χ1n) is 6.32. The largest absolute Gasteiger partial charge is 0.374 e. The van der Waals surface area contributed by atoms with Gasteiger partial charge in [0.25, 0.3) is 5.56 Å². The van der Waals surface area contributed by atoms with Gasteiger partial charge in [-0.05, 0) is 13.8 Å². The molecular formula is C12H20N4O2. The van der Waals surface area contributed by atoms with Crippen LogP contribution in [0.3, 0.4) is 0 Å². The minimum absolute atomic E-state index is 0.0868. The van der Waals surface area contributed by atoms with Gasteiger partial charge in [-0.25, -0.2) is 4.98 Å². The molecule has 2 rings (SSSR count). The highest BCUT2D eigenvalue weighted by molar-refractivity contribution is 5.31. The number of aromatic nitrogens is 2. The van der Waals surface area contributed by atoms with Crippen LogP contribution in [-0.2, 0) is 4.74 Å². The van der Waals surface area contributed by atoms with Crippen LogP contribution in [-0.4, -0.2) is 41.9 Å². The molecule has 6 heteroatoms. The van der Waals surface area contributed by atoms with Gasteiger partial charge >= 0.3 is 0 Å². The third-order valence-electron chi connectivity index (χ3n) is 2.93. The number of rotatable bonds is 4. The second-order valence-corrected chi connectivity index (χ2v) is 4.66. The molecule has 0 bridgehead atoms. The predicted octanol–water partition coefficient (Wildman–Crippen LogP) is 0.225. The van der Waals surface area contributed by atoms with Gasteiger partial charge in [0.05, 0.1) is 12.7 Å². The van der Waals surface area contributed by atoms with E-state index in [1.54, 1.807) is 17.0 Å². The Morgan fingerprint density at radius 3 is 3.17 bits per heavy atom. The van der Waals surface area contributed by atoms with E-state index >= 15 is 0 Å². The molecule has 1 aliphatic rings. The molecule has 6 nitrogen and oxygen atoms in total. The lowest BCUT2D eigenvalue weighted by Crippen LogP contribution is -2.42. The zero-order valence-corrected chi connectivity index (χ0v) is 10.8. The second kappa shape index (κ2) is 5.97. The van der Waals surface area contributed by atoms with Crippen molar-refractivity contribution in [2.45, 2.75) is 26.0 Å². The maximum absolute atomic E-state index is 12.1. The van der Waals surface area contributed by atoms with Gasteiger partial charge < -0.3 is 19.9 Å². The van der Waals surface area contributed by atoms with Crippen molar-refractivity contribution in [1.82, 2.24) is 14.9 Å². The van der Waals surface area contributed by atoms with Crippen LogP contribution >= 0.6 is 0 Å². The fraction of sp³-hybridized carbons (Fsp3) is 0.667. The number of hydrogen-bond acceptors (Lipinski definition) is 5. The van der Waals surface area contributed by atoms with Crippen LogP contribution in [0.15, 0.2) is 17.2 Å². The summed E-state index contributed by atoms with van der Waals surface area (Å²) in [5.74, 6) is 0.389. The molecule has 2 N–H and O–H groups in total. The molecule has 0 aliphatic carbocycles. The van der Waals surface area contributed by atoms with Crippen LogP contribution in [0.5, 0.6) is 0 Å². The van der Waals surface area contributed by atoms with E-state index < -0.39 is 0 Å². The van der Waals surface area contributed by atoms with Crippen LogP contribution in [0.25, 0.3) is 0 Å². The van der Waals surface area contributed by atoms with Crippen LogP contribution in [0.4, 0.5) is 5.82 Å². The minimum Gasteiger partial charge on any atom is -0.374 e. The average molecular weight is 252 g/mol. The average Bonchev–Trinajstić information content (AvgIpc) is 2.38. The molecule has 0 radical (unpaired) electrons. The summed E-state index contributed by atoms with van der Waals surface area (Å²) in [5, 5.41) is 6.32. The third-order valence-corrected chi connectivity index (χ3v) is 2.93. The molecule has 1 aromatic heterocycles. The molecule has 0 aromatic carbocycles. The molecule has 100 valence electrons.